The average molecular weight is 344 g/mol. The zero-order chi connectivity index (χ0) is 17.8. The zero-order valence-electron chi connectivity index (χ0n) is 14.9. The van der Waals surface area contributed by atoms with Gasteiger partial charge in [0.25, 0.3) is 5.91 Å². The van der Waals surface area contributed by atoms with E-state index in [-0.39, 0.29) is 18.3 Å². The first kappa shape index (κ1) is 17.7. The molecule has 1 aliphatic rings. The third kappa shape index (κ3) is 4.28. The third-order valence-corrected chi connectivity index (χ3v) is 4.78. The van der Waals surface area contributed by atoms with Crippen molar-refractivity contribution in [2.45, 2.75) is 46.2 Å². The molecule has 2 heterocycles. The Labute approximate surface area is 148 Å². The van der Waals surface area contributed by atoms with Crippen LogP contribution in [0.4, 0.5) is 4.39 Å². The fourth-order valence-corrected chi connectivity index (χ4v) is 3.29. The van der Waals surface area contributed by atoms with Crippen molar-refractivity contribution in [1.82, 2.24) is 10.2 Å². The van der Waals surface area contributed by atoms with Gasteiger partial charge in [0, 0.05) is 25.1 Å². The molecule has 1 amide bonds. The van der Waals surface area contributed by atoms with E-state index in [2.05, 4.69) is 10.2 Å². The second-order valence-electron chi connectivity index (χ2n) is 6.65. The lowest BCUT2D eigenvalue weighted by atomic mass is 10.1. The molecule has 0 spiro atoms. The van der Waals surface area contributed by atoms with Crippen molar-refractivity contribution in [3.05, 3.63) is 58.3 Å². The topological polar surface area (TPSA) is 45.5 Å². The highest BCUT2D eigenvalue weighted by molar-refractivity contribution is 5.91. The minimum absolute atomic E-state index is 0.258. The second-order valence-corrected chi connectivity index (χ2v) is 6.65. The van der Waals surface area contributed by atoms with Crippen molar-refractivity contribution in [2.75, 3.05) is 13.1 Å². The fraction of sp³-hybridized carbons (Fsp3) is 0.450. The molecule has 1 fully saturated rings. The molecule has 1 saturated heterocycles. The molecule has 2 aromatic rings. The number of carbonyl (C=O) groups excluding carboxylic acids is 1. The van der Waals surface area contributed by atoms with E-state index in [1.807, 2.05) is 19.9 Å². The maximum atomic E-state index is 13.4. The number of hydrogen-bond donors (Lipinski definition) is 1. The first-order valence-electron chi connectivity index (χ1n) is 8.94. The van der Waals surface area contributed by atoms with Gasteiger partial charge in [-0.2, -0.15) is 0 Å². The van der Waals surface area contributed by atoms with Crippen LogP contribution in [-0.4, -0.2) is 23.9 Å². The minimum Gasteiger partial charge on any atom is -0.456 e. The molecule has 3 rings (SSSR count). The van der Waals surface area contributed by atoms with E-state index in [1.165, 1.54) is 25.0 Å². The van der Waals surface area contributed by atoms with E-state index in [4.69, 9.17) is 4.42 Å². The van der Waals surface area contributed by atoms with Crippen LogP contribution in [0.1, 0.15) is 52.8 Å². The van der Waals surface area contributed by atoms with Crippen LogP contribution in [0.25, 0.3) is 0 Å². The van der Waals surface area contributed by atoms with Gasteiger partial charge < -0.3 is 9.73 Å². The summed E-state index contributed by atoms with van der Waals surface area (Å²) in [6, 6.07) is 6.44. The molecule has 0 unspecified atom stereocenters. The first-order chi connectivity index (χ1) is 12.1. The molecule has 1 aromatic carbocycles. The van der Waals surface area contributed by atoms with Crippen molar-refractivity contribution in [3.8, 4) is 0 Å². The maximum Gasteiger partial charge on any atom is 0.287 e. The summed E-state index contributed by atoms with van der Waals surface area (Å²) < 4.78 is 19.1. The number of furan rings is 1. The van der Waals surface area contributed by atoms with Gasteiger partial charge in [0.1, 0.15) is 11.6 Å². The Balaban J connectivity index is 1.67. The van der Waals surface area contributed by atoms with Crippen LogP contribution in [0.3, 0.4) is 0 Å². The largest absolute Gasteiger partial charge is 0.456 e. The molecule has 25 heavy (non-hydrogen) atoms. The summed E-state index contributed by atoms with van der Waals surface area (Å²) in [5, 5.41) is 2.83. The van der Waals surface area contributed by atoms with Crippen molar-refractivity contribution in [3.63, 3.8) is 0 Å². The number of halogens is 1. The number of amides is 1. The quantitative estimate of drug-likeness (QED) is 0.866. The lowest BCUT2D eigenvalue weighted by molar-refractivity contribution is 0.0921. The summed E-state index contributed by atoms with van der Waals surface area (Å²) in [5.41, 5.74) is 2.81. The fourth-order valence-electron chi connectivity index (χ4n) is 3.29. The summed E-state index contributed by atoms with van der Waals surface area (Å²) >= 11 is 0. The highest BCUT2D eigenvalue weighted by Crippen LogP contribution is 2.21. The van der Waals surface area contributed by atoms with Crippen LogP contribution in [0.5, 0.6) is 0 Å². The van der Waals surface area contributed by atoms with Crippen LogP contribution in [0.15, 0.2) is 28.7 Å². The number of carbonyl (C=O) groups is 1. The second kappa shape index (κ2) is 7.83. The number of nitrogens with zero attached hydrogens (tertiary/aromatic N) is 1. The number of likely N-dealkylation sites (tertiary alicyclic amines) is 1. The van der Waals surface area contributed by atoms with Gasteiger partial charge in [-0.3, -0.25) is 9.69 Å². The van der Waals surface area contributed by atoms with Crippen LogP contribution in [-0.2, 0) is 19.5 Å². The van der Waals surface area contributed by atoms with E-state index in [1.54, 1.807) is 6.07 Å². The highest BCUT2D eigenvalue weighted by Gasteiger charge is 2.19. The summed E-state index contributed by atoms with van der Waals surface area (Å²) in [6.45, 7) is 7.26. The molecule has 1 N–H and O–H groups in total. The summed E-state index contributed by atoms with van der Waals surface area (Å²) in [5.74, 6) is 0.652. The predicted molar refractivity (Wildman–Crippen MR) is 94.9 cm³/mol. The third-order valence-electron chi connectivity index (χ3n) is 4.78. The molecule has 0 aliphatic carbocycles. The van der Waals surface area contributed by atoms with Gasteiger partial charge in [-0.05, 0) is 62.2 Å². The summed E-state index contributed by atoms with van der Waals surface area (Å²) in [4.78, 5) is 14.8. The molecule has 0 radical (unpaired) electrons. The van der Waals surface area contributed by atoms with Crippen molar-refractivity contribution >= 4 is 5.91 Å². The van der Waals surface area contributed by atoms with Gasteiger partial charge in [0.05, 0.1) is 0 Å². The molecule has 0 saturated carbocycles. The Morgan fingerprint density at radius 3 is 2.72 bits per heavy atom. The van der Waals surface area contributed by atoms with Gasteiger partial charge >= 0.3 is 0 Å². The van der Waals surface area contributed by atoms with Crippen molar-refractivity contribution in [2.24, 2.45) is 0 Å². The molecule has 0 atom stereocenters. The van der Waals surface area contributed by atoms with E-state index >= 15 is 0 Å². The number of benzene rings is 1. The number of rotatable bonds is 6. The van der Waals surface area contributed by atoms with Crippen LogP contribution in [0.2, 0.25) is 0 Å². The first-order valence-corrected chi connectivity index (χ1v) is 8.94. The predicted octanol–water partition coefficient (Wildman–Crippen LogP) is 3.82. The Kier molecular flexibility index (Phi) is 5.53. The smallest absolute Gasteiger partial charge is 0.287 e. The Hall–Kier alpha value is -2.14. The van der Waals surface area contributed by atoms with Gasteiger partial charge in [0.15, 0.2) is 5.76 Å². The standard InChI is InChI=1S/C20H25FN2O2/c1-3-18-16(13-23-8-4-5-9-23)11-19(25-18)20(24)22-12-15-10-17(21)7-6-14(15)2/h6-7,10-11H,3-5,8-9,12-13H2,1-2H3,(H,22,24). The number of aryl methyl sites for hydroxylation is 2. The number of hydrogen-bond acceptors (Lipinski definition) is 3. The van der Waals surface area contributed by atoms with E-state index < -0.39 is 0 Å². The maximum absolute atomic E-state index is 13.4. The van der Waals surface area contributed by atoms with E-state index in [9.17, 15) is 9.18 Å². The van der Waals surface area contributed by atoms with Gasteiger partial charge in [-0.25, -0.2) is 4.39 Å². The van der Waals surface area contributed by atoms with Gasteiger partial charge in [0.2, 0.25) is 0 Å². The van der Waals surface area contributed by atoms with E-state index in [0.717, 1.165) is 48.5 Å². The highest BCUT2D eigenvalue weighted by atomic mass is 19.1. The molecule has 134 valence electrons. The summed E-state index contributed by atoms with van der Waals surface area (Å²) in [7, 11) is 0. The Morgan fingerprint density at radius 2 is 2.00 bits per heavy atom. The molecule has 5 heteroatoms. The normalized spacial score (nSPS) is 14.8. The minimum atomic E-state index is -0.297. The lowest BCUT2D eigenvalue weighted by Crippen LogP contribution is -2.23. The molecular formula is C20H25FN2O2. The molecule has 0 bridgehead atoms. The zero-order valence-corrected chi connectivity index (χ0v) is 14.9. The SMILES string of the molecule is CCc1oc(C(=O)NCc2cc(F)ccc2C)cc1CN1CCCC1. The monoisotopic (exact) mass is 344 g/mol. The Morgan fingerprint density at radius 1 is 1.24 bits per heavy atom. The van der Waals surface area contributed by atoms with Crippen LogP contribution in [0, 0.1) is 12.7 Å². The van der Waals surface area contributed by atoms with Gasteiger partial charge in [-0.1, -0.05) is 13.0 Å². The van der Waals surface area contributed by atoms with Crippen molar-refractivity contribution < 1.29 is 13.6 Å². The number of nitrogens with one attached hydrogen (secondary N) is 1. The molecule has 1 aromatic heterocycles. The van der Waals surface area contributed by atoms with E-state index in [0.29, 0.717) is 5.76 Å². The molecule has 4 nitrogen and oxygen atoms in total. The van der Waals surface area contributed by atoms with Crippen molar-refractivity contribution in [1.29, 1.82) is 0 Å². The summed E-state index contributed by atoms with van der Waals surface area (Å²) in [6.07, 6.45) is 3.23. The van der Waals surface area contributed by atoms with Crippen LogP contribution < -0.4 is 5.32 Å². The van der Waals surface area contributed by atoms with Crippen LogP contribution >= 0.6 is 0 Å². The molecular weight excluding hydrogens is 319 g/mol. The molecule has 1 aliphatic heterocycles. The average Bonchev–Trinajstić information content (AvgIpc) is 3.25. The lowest BCUT2D eigenvalue weighted by Gasteiger charge is -2.13. The Bertz CT molecular complexity index is 748. The van der Waals surface area contributed by atoms with Gasteiger partial charge in [-0.15, -0.1) is 0 Å².